The van der Waals surface area contributed by atoms with Gasteiger partial charge in [0.2, 0.25) is 5.91 Å². The highest BCUT2D eigenvalue weighted by atomic mass is 16.8. The maximum Gasteiger partial charge on any atom is 0.220 e. The van der Waals surface area contributed by atoms with Crippen LogP contribution < -0.4 is 5.32 Å². The quantitative estimate of drug-likeness (QED) is 0.0252. The zero-order chi connectivity index (χ0) is 79.5. The van der Waals surface area contributed by atoms with E-state index in [4.69, 9.17) is 28.4 Å². The van der Waals surface area contributed by atoms with Crippen LogP contribution in [0.15, 0.2) is 0 Å². The molecular weight excluding hydrogens is 1390 g/mol. The van der Waals surface area contributed by atoms with Gasteiger partial charge in [-0.2, -0.15) is 0 Å². The Bertz CT molecular complexity index is 1980. The standard InChI is InChI=1S/C91H177NO18/c1-3-5-7-9-11-13-15-17-19-21-23-25-27-29-30-31-32-33-34-35-36-37-38-39-40-41-42-43-45-47-49-51-53-55-57-59-61-63-65-67-69-79(97)92-74(75(96)68-66-64-62-60-58-56-54-52-50-48-46-44-28-26-24-22-20-18-16-14-12-10-8-6-4-2)73-105-89-85(103)82(100)87(77(71-94)107-89)110-91-86(104)83(101)88(78(72-95)108-91)109-90-84(102)81(99)80(98)76(70-93)106-90/h74-78,80-91,93-96,98-104H,3-73H2,1-2H3,(H,92,97). The molecule has 3 aliphatic rings. The van der Waals surface area contributed by atoms with Crippen molar-refractivity contribution in [2.45, 2.75) is 548 Å². The molecule has 19 nitrogen and oxygen atoms in total. The van der Waals surface area contributed by atoms with Crippen LogP contribution in [0.2, 0.25) is 0 Å². The van der Waals surface area contributed by atoms with Crippen LogP contribution >= 0.6 is 0 Å². The summed E-state index contributed by atoms with van der Waals surface area (Å²) >= 11 is 0. The third-order valence-corrected chi connectivity index (χ3v) is 24.2. The normalized spacial score (nSPS) is 25.0. The van der Waals surface area contributed by atoms with Crippen LogP contribution in [0.5, 0.6) is 0 Å². The molecule has 0 aromatic carbocycles. The van der Waals surface area contributed by atoms with E-state index in [1.54, 1.807) is 0 Å². The van der Waals surface area contributed by atoms with Gasteiger partial charge >= 0.3 is 0 Å². The number of nitrogens with one attached hydrogen (secondary N) is 1. The summed E-state index contributed by atoms with van der Waals surface area (Å²) in [5.74, 6) is -0.230. The van der Waals surface area contributed by atoms with Crippen LogP contribution in [0, 0.1) is 0 Å². The van der Waals surface area contributed by atoms with Crippen LogP contribution in [0.3, 0.4) is 0 Å². The Balaban J connectivity index is 1.27. The third-order valence-electron chi connectivity index (χ3n) is 24.2. The summed E-state index contributed by atoms with van der Waals surface area (Å²) in [4.78, 5) is 13.6. The van der Waals surface area contributed by atoms with Gasteiger partial charge in [0.05, 0.1) is 38.6 Å². The fourth-order valence-corrected chi connectivity index (χ4v) is 16.7. The lowest BCUT2D eigenvalue weighted by molar-refractivity contribution is -0.379. The number of unbranched alkanes of at least 4 members (excludes halogenated alkanes) is 63. The minimum atomic E-state index is -1.97. The summed E-state index contributed by atoms with van der Waals surface area (Å²) in [6.45, 7) is 1.89. The van der Waals surface area contributed by atoms with E-state index < -0.39 is 124 Å². The lowest BCUT2D eigenvalue weighted by Crippen LogP contribution is -2.66. The molecule has 3 fully saturated rings. The molecule has 3 aliphatic heterocycles. The van der Waals surface area contributed by atoms with Crippen molar-refractivity contribution in [3.05, 3.63) is 0 Å². The van der Waals surface area contributed by atoms with Crippen molar-refractivity contribution in [2.75, 3.05) is 26.4 Å². The van der Waals surface area contributed by atoms with Crippen molar-refractivity contribution >= 4 is 5.91 Å². The van der Waals surface area contributed by atoms with Gasteiger partial charge in [0, 0.05) is 6.42 Å². The molecule has 654 valence electrons. The van der Waals surface area contributed by atoms with Gasteiger partial charge in [0.1, 0.15) is 73.2 Å². The highest BCUT2D eigenvalue weighted by molar-refractivity contribution is 5.76. The zero-order valence-electron chi connectivity index (χ0n) is 70.8. The van der Waals surface area contributed by atoms with Crippen LogP contribution in [-0.4, -0.2) is 193 Å². The van der Waals surface area contributed by atoms with E-state index in [0.29, 0.717) is 12.8 Å². The summed E-state index contributed by atoms with van der Waals surface area (Å²) in [5, 5.41) is 121. The summed E-state index contributed by atoms with van der Waals surface area (Å²) in [6.07, 6.45) is 61.0. The maximum absolute atomic E-state index is 13.6. The molecule has 17 unspecified atom stereocenters. The van der Waals surface area contributed by atoms with Gasteiger partial charge in [-0.25, -0.2) is 0 Å². The largest absolute Gasteiger partial charge is 0.394 e. The van der Waals surface area contributed by atoms with Crippen molar-refractivity contribution in [1.29, 1.82) is 0 Å². The van der Waals surface area contributed by atoms with E-state index in [1.165, 1.54) is 366 Å². The summed E-state index contributed by atoms with van der Waals surface area (Å²) in [5.41, 5.74) is 0. The molecule has 3 saturated heterocycles. The molecule has 3 rings (SSSR count). The Morgan fingerprint density at radius 3 is 0.791 bits per heavy atom. The van der Waals surface area contributed by atoms with E-state index in [9.17, 15) is 61.0 Å². The molecule has 0 spiro atoms. The molecule has 0 saturated carbocycles. The Morgan fingerprint density at radius 1 is 0.291 bits per heavy atom. The molecule has 0 bridgehead atoms. The van der Waals surface area contributed by atoms with Crippen LogP contribution in [0.25, 0.3) is 0 Å². The Morgan fingerprint density at radius 2 is 0.518 bits per heavy atom. The van der Waals surface area contributed by atoms with Crippen molar-refractivity contribution < 1.29 is 89.4 Å². The second kappa shape index (κ2) is 71.9. The Labute approximate surface area is 672 Å². The SMILES string of the molecule is CCCCCCCCCCCCCCCCCCCCCCCCCCCCCCCCCCCCCCCCCCC(=O)NC(COC1OC(CO)C(OC2OC(CO)C(OC3OC(CO)C(O)C(O)C3O)C(O)C2O)C(O)C1O)C(O)CCCCCCCCCCCCCCCCCCCCCCCCCCC. The number of carbonyl (C=O) groups excluding carboxylic acids is 1. The molecule has 3 heterocycles. The smallest absolute Gasteiger partial charge is 0.220 e. The van der Waals surface area contributed by atoms with Gasteiger partial charge in [-0.15, -0.1) is 0 Å². The number of ether oxygens (including phenoxy) is 6. The first-order valence-corrected chi connectivity index (χ1v) is 47.3. The summed E-state index contributed by atoms with van der Waals surface area (Å²) in [6, 6.07) is -0.884. The van der Waals surface area contributed by atoms with Gasteiger partial charge in [0.25, 0.3) is 0 Å². The average Bonchev–Trinajstić information content (AvgIpc) is 0.780. The highest BCUT2D eigenvalue weighted by Crippen LogP contribution is 2.34. The number of aliphatic hydroxyl groups excluding tert-OH is 11. The number of amides is 1. The second-order valence-corrected chi connectivity index (χ2v) is 34.2. The molecule has 19 heteroatoms. The Kier molecular flexibility index (Phi) is 67.3. The number of rotatable bonds is 79. The number of hydrogen-bond donors (Lipinski definition) is 12. The first-order valence-electron chi connectivity index (χ1n) is 47.3. The topological polar surface area (TPSA) is 307 Å². The van der Waals surface area contributed by atoms with Crippen molar-refractivity contribution in [1.82, 2.24) is 5.32 Å². The lowest BCUT2D eigenvalue weighted by Gasteiger charge is -2.48. The van der Waals surface area contributed by atoms with E-state index in [0.717, 1.165) is 44.9 Å². The van der Waals surface area contributed by atoms with Gasteiger partial charge < -0.3 is 89.9 Å². The molecule has 0 aliphatic carbocycles. The number of aliphatic hydroxyl groups is 11. The van der Waals surface area contributed by atoms with Crippen molar-refractivity contribution in [3.63, 3.8) is 0 Å². The van der Waals surface area contributed by atoms with Crippen LogP contribution in [-0.2, 0) is 33.2 Å². The fourth-order valence-electron chi connectivity index (χ4n) is 16.7. The van der Waals surface area contributed by atoms with Crippen LogP contribution in [0.1, 0.15) is 444 Å². The predicted octanol–water partition coefficient (Wildman–Crippen LogP) is 18.5. The van der Waals surface area contributed by atoms with E-state index >= 15 is 0 Å². The molecular formula is C91H177NO18. The van der Waals surface area contributed by atoms with Gasteiger partial charge in [-0.1, -0.05) is 425 Å². The summed E-state index contributed by atoms with van der Waals surface area (Å²) < 4.78 is 34.6. The minimum Gasteiger partial charge on any atom is -0.394 e. The van der Waals surface area contributed by atoms with E-state index in [2.05, 4.69) is 19.2 Å². The first kappa shape index (κ1) is 103. The van der Waals surface area contributed by atoms with E-state index in [1.807, 2.05) is 0 Å². The molecule has 12 N–H and O–H groups in total. The first-order chi connectivity index (χ1) is 53.8. The molecule has 17 atom stereocenters. The highest BCUT2D eigenvalue weighted by Gasteiger charge is 2.54. The van der Waals surface area contributed by atoms with Crippen LogP contribution in [0.4, 0.5) is 0 Å². The minimum absolute atomic E-state index is 0.230. The molecule has 110 heavy (non-hydrogen) atoms. The van der Waals surface area contributed by atoms with Gasteiger partial charge in [-0.3, -0.25) is 4.79 Å². The zero-order valence-corrected chi connectivity index (χ0v) is 70.8. The van der Waals surface area contributed by atoms with Crippen molar-refractivity contribution in [3.8, 4) is 0 Å². The number of hydrogen-bond acceptors (Lipinski definition) is 18. The monoisotopic (exact) mass is 1570 g/mol. The third kappa shape index (κ3) is 49.9. The lowest BCUT2D eigenvalue weighted by atomic mass is 9.96. The Hall–Kier alpha value is -1.21. The molecule has 0 aromatic heterocycles. The van der Waals surface area contributed by atoms with Crippen molar-refractivity contribution in [2.24, 2.45) is 0 Å². The maximum atomic E-state index is 13.6. The molecule has 1 amide bonds. The van der Waals surface area contributed by atoms with E-state index in [-0.39, 0.29) is 18.9 Å². The molecule has 0 radical (unpaired) electrons. The number of carbonyl (C=O) groups is 1. The second-order valence-electron chi connectivity index (χ2n) is 34.2. The van der Waals surface area contributed by atoms with Gasteiger partial charge in [0.15, 0.2) is 18.9 Å². The predicted molar refractivity (Wildman–Crippen MR) is 444 cm³/mol. The summed E-state index contributed by atoms with van der Waals surface area (Å²) in [7, 11) is 0. The van der Waals surface area contributed by atoms with Gasteiger partial charge in [-0.05, 0) is 12.8 Å². The molecule has 0 aromatic rings. The fraction of sp³-hybridized carbons (Fsp3) is 0.989. The average molecular weight is 1570 g/mol.